The Morgan fingerprint density at radius 1 is 1.11 bits per heavy atom. The lowest BCUT2D eigenvalue weighted by molar-refractivity contribution is -0.133. The summed E-state index contributed by atoms with van der Waals surface area (Å²) >= 11 is 0. The number of nitrogens with zero attached hydrogens (tertiary/aromatic N) is 2. The van der Waals surface area contributed by atoms with Gasteiger partial charge in [-0.3, -0.25) is 9.59 Å². The lowest BCUT2D eigenvalue weighted by Crippen LogP contribution is -2.51. The van der Waals surface area contributed by atoms with Gasteiger partial charge >= 0.3 is 12.3 Å². The fourth-order valence-corrected chi connectivity index (χ4v) is 2.01. The number of carbonyl (C=O) groups excluding carboxylic acids is 3. The molecule has 0 aromatic heterocycles. The number of carbonyl (C=O) groups is 3. The van der Waals surface area contributed by atoms with E-state index in [1.54, 1.807) is 15.9 Å². The van der Waals surface area contributed by atoms with Crippen molar-refractivity contribution in [2.24, 2.45) is 0 Å². The summed E-state index contributed by atoms with van der Waals surface area (Å²) in [6.07, 6.45) is -1.64. The molecule has 1 saturated heterocycles. The highest BCUT2D eigenvalue weighted by Crippen LogP contribution is 2.13. The fourth-order valence-electron chi connectivity index (χ4n) is 2.01. The molecule has 0 bridgehead atoms. The average molecular weight is 395 g/mol. The smallest absolute Gasteiger partial charge is 0.410 e. The Morgan fingerprint density at radius 2 is 1.63 bits per heavy atom. The minimum Gasteiger partial charge on any atom is -0.444 e. The molecule has 3 amide bonds. The molecular formula is C17H28F3N3O4. The van der Waals surface area contributed by atoms with E-state index < -0.39 is 18.3 Å². The Kier molecular flexibility index (Phi) is 10.5. The lowest BCUT2D eigenvalue weighted by Gasteiger charge is -2.35. The van der Waals surface area contributed by atoms with Gasteiger partial charge in [0.15, 0.2) is 0 Å². The van der Waals surface area contributed by atoms with Crippen LogP contribution in [0.15, 0.2) is 12.7 Å². The molecule has 0 aromatic carbocycles. The van der Waals surface area contributed by atoms with Crippen LogP contribution in [-0.2, 0) is 14.3 Å². The van der Waals surface area contributed by atoms with Gasteiger partial charge in [-0.15, -0.1) is 6.58 Å². The van der Waals surface area contributed by atoms with Crippen LogP contribution in [0.4, 0.5) is 18.0 Å². The maximum absolute atomic E-state index is 11.8. The number of ether oxygens (including phenoxy) is 1. The number of amides is 3. The quantitative estimate of drug-likeness (QED) is 0.572. The van der Waals surface area contributed by atoms with E-state index in [0.29, 0.717) is 39.0 Å². The van der Waals surface area contributed by atoms with E-state index in [9.17, 15) is 27.6 Å². The summed E-state index contributed by atoms with van der Waals surface area (Å²) in [7, 11) is 0. The summed E-state index contributed by atoms with van der Waals surface area (Å²) in [5, 5.41) is 1.48. The van der Waals surface area contributed by atoms with Crippen LogP contribution in [0.2, 0.25) is 0 Å². The van der Waals surface area contributed by atoms with Crippen LogP contribution in [-0.4, -0.2) is 72.7 Å². The number of hydrogen-bond donors (Lipinski definition) is 1. The van der Waals surface area contributed by atoms with E-state index in [-0.39, 0.29) is 18.4 Å². The molecule has 1 heterocycles. The van der Waals surface area contributed by atoms with Gasteiger partial charge in [0.05, 0.1) is 0 Å². The number of halogens is 3. The van der Waals surface area contributed by atoms with Crippen molar-refractivity contribution in [3.05, 3.63) is 12.7 Å². The largest absolute Gasteiger partial charge is 0.444 e. The molecule has 10 heteroatoms. The van der Waals surface area contributed by atoms with Crippen molar-refractivity contribution in [1.29, 1.82) is 0 Å². The molecular weight excluding hydrogens is 367 g/mol. The van der Waals surface area contributed by atoms with Crippen LogP contribution in [0.3, 0.4) is 0 Å². The van der Waals surface area contributed by atoms with Crippen LogP contribution >= 0.6 is 0 Å². The second-order valence-electron chi connectivity index (χ2n) is 6.79. The third-order valence-electron chi connectivity index (χ3n) is 3.23. The van der Waals surface area contributed by atoms with Crippen molar-refractivity contribution >= 4 is 18.4 Å². The first-order valence-corrected chi connectivity index (χ1v) is 8.50. The number of rotatable bonds is 5. The minimum absolute atomic E-state index is 0.00743. The van der Waals surface area contributed by atoms with E-state index in [0.717, 1.165) is 0 Å². The first-order valence-electron chi connectivity index (χ1n) is 8.50. The van der Waals surface area contributed by atoms with Gasteiger partial charge in [-0.25, -0.2) is 4.79 Å². The molecule has 1 N–H and O–H groups in total. The fraction of sp³-hybridized carbons (Fsp3) is 0.706. The van der Waals surface area contributed by atoms with Crippen molar-refractivity contribution in [2.45, 2.75) is 45.4 Å². The summed E-state index contributed by atoms with van der Waals surface area (Å²) in [5.41, 5.74) is -0.478. The molecule has 1 fully saturated rings. The first kappa shape index (κ1) is 24.7. The zero-order valence-corrected chi connectivity index (χ0v) is 16.0. The number of piperazine rings is 1. The second-order valence-corrected chi connectivity index (χ2v) is 6.79. The third kappa shape index (κ3) is 12.7. The molecule has 0 unspecified atom stereocenters. The van der Waals surface area contributed by atoms with Crippen molar-refractivity contribution < 1.29 is 32.3 Å². The van der Waals surface area contributed by atoms with Gasteiger partial charge in [0.25, 0.3) is 0 Å². The number of alkyl halides is 3. The average Bonchev–Trinajstić information content (AvgIpc) is 2.56. The van der Waals surface area contributed by atoms with Gasteiger partial charge in [0, 0.05) is 32.6 Å². The molecule has 0 spiro atoms. The second kappa shape index (κ2) is 11.5. The van der Waals surface area contributed by atoms with Crippen molar-refractivity contribution in [2.75, 3.05) is 32.7 Å². The zero-order chi connectivity index (χ0) is 21.1. The standard InChI is InChI=1S/C14H24N2O3.C3H4F3NO/c1-5-6-7-12(17)15-8-10-16(11-9-15)13(18)19-14(2,3)4;4-3(5,6)1-7-2-8/h5H,1,6-11H2,2-4H3;2H,1H2,(H,7,8). The van der Waals surface area contributed by atoms with E-state index in [1.807, 2.05) is 20.8 Å². The molecule has 0 aromatic rings. The summed E-state index contributed by atoms with van der Waals surface area (Å²) in [6, 6.07) is 0. The Labute approximate surface area is 157 Å². The van der Waals surface area contributed by atoms with E-state index in [4.69, 9.17) is 4.74 Å². The van der Waals surface area contributed by atoms with Crippen molar-refractivity contribution in [3.63, 3.8) is 0 Å². The minimum atomic E-state index is -4.29. The molecule has 27 heavy (non-hydrogen) atoms. The summed E-state index contributed by atoms with van der Waals surface area (Å²) < 4.78 is 38.4. The van der Waals surface area contributed by atoms with Gasteiger partial charge in [-0.2, -0.15) is 13.2 Å². The maximum Gasteiger partial charge on any atom is 0.410 e. The lowest BCUT2D eigenvalue weighted by atomic mass is 10.2. The molecule has 0 radical (unpaired) electrons. The summed E-state index contributed by atoms with van der Waals surface area (Å²) in [6.45, 7) is 10.1. The van der Waals surface area contributed by atoms with Crippen LogP contribution in [0.25, 0.3) is 0 Å². The Morgan fingerprint density at radius 3 is 2.00 bits per heavy atom. The van der Waals surface area contributed by atoms with Gasteiger partial charge in [-0.1, -0.05) is 6.08 Å². The van der Waals surface area contributed by atoms with Gasteiger partial charge in [0.2, 0.25) is 12.3 Å². The molecule has 0 saturated carbocycles. The van der Waals surface area contributed by atoms with Crippen LogP contribution in [0.5, 0.6) is 0 Å². The number of hydrogen-bond acceptors (Lipinski definition) is 4. The van der Waals surface area contributed by atoms with Gasteiger partial charge < -0.3 is 19.9 Å². The first-order chi connectivity index (χ1) is 12.4. The number of nitrogens with one attached hydrogen (secondary N) is 1. The predicted molar refractivity (Wildman–Crippen MR) is 93.9 cm³/mol. The molecule has 7 nitrogen and oxygen atoms in total. The molecule has 0 aliphatic carbocycles. The highest BCUT2D eigenvalue weighted by Gasteiger charge is 2.27. The SMILES string of the molecule is C=CCCC(=O)N1CCN(C(=O)OC(C)(C)C)CC1.O=CNCC(F)(F)F. The third-order valence-corrected chi connectivity index (χ3v) is 3.23. The monoisotopic (exact) mass is 395 g/mol. The van der Waals surface area contributed by atoms with Crippen LogP contribution in [0.1, 0.15) is 33.6 Å². The zero-order valence-electron chi connectivity index (χ0n) is 16.0. The highest BCUT2D eigenvalue weighted by atomic mass is 19.4. The van der Waals surface area contributed by atoms with Gasteiger partial charge in [-0.05, 0) is 27.2 Å². The van der Waals surface area contributed by atoms with Crippen LogP contribution < -0.4 is 5.32 Å². The highest BCUT2D eigenvalue weighted by molar-refractivity contribution is 5.77. The van der Waals surface area contributed by atoms with E-state index in [2.05, 4.69) is 6.58 Å². The molecule has 156 valence electrons. The molecule has 1 aliphatic heterocycles. The van der Waals surface area contributed by atoms with E-state index >= 15 is 0 Å². The maximum atomic E-state index is 11.8. The Balaban J connectivity index is 0.000000713. The molecule has 0 atom stereocenters. The summed E-state index contributed by atoms with van der Waals surface area (Å²) in [4.78, 5) is 36.3. The summed E-state index contributed by atoms with van der Waals surface area (Å²) in [5.74, 6) is 0.128. The Bertz CT molecular complexity index is 497. The van der Waals surface area contributed by atoms with E-state index in [1.165, 1.54) is 5.32 Å². The Hall–Kier alpha value is -2.26. The van der Waals surface area contributed by atoms with Crippen molar-refractivity contribution in [3.8, 4) is 0 Å². The van der Waals surface area contributed by atoms with Crippen LogP contribution in [0, 0.1) is 0 Å². The topological polar surface area (TPSA) is 79.0 Å². The normalized spacial score (nSPS) is 14.6. The molecule has 1 aliphatic rings. The number of allylic oxidation sites excluding steroid dienone is 1. The van der Waals surface area contributed by atoms with Crippen molar-refractivity contribution in [1.82, 2.24) is 15.1 Å². The molecule has 1 rings (SSSR count). The van der Waals surface area contributed by atoms with Gasteiger partial charge in [0.1, 0.15) is 12.1 Å². The predicted octanol–water partition coefficient (Wildman–Crippen LogP) is 2.33.